The summed E-state index contributed by atoms with van der Waals surface area (Å²) in [5.41, 5.74) is 1.27. The van der Waals surface area contributed by atoms with Gasteiger partial charge in [0.25, 0.3) is 0 Å². The Morgan fingerprint density at radius 1 is 1.30 bits per heavy atom. The number of phosphoric ester groups is 1. The predicted octanol–water partition coefficient (Wildman–Crippen LogP) is 5.85. The Kier molecular flexibility index (Phi) is 6.14. The Bertz CT molecular complexity index is 653. The molecule has 0 atom stereocenters. The summed E-state index contributed by atoms with van der Waals surface area (Å²) in [7, 11) is -4.21. The van der Waals surface area contributed by atoms with Crippen molar-refractivity contribution in [2.24, 2.45) is 0 Å². The minimum atomic E-state index is -4.21. The fourth-order valence-electron chi connectivity index (χ4n) is 1.12. The van der Waals surface area contributed by atoms with Crippen LogP contribution in [0.1, 0.15) is 11.3 Å². The second-order valence-corrected chi connectivity index (χ2v) is 5.56. The summed E-state index contributed by atoms with van der Waals surface area (Å²) >= 11 is 17.3. The number of rotatable bonds is 5. The van der Waals surface area contributed by atoms with E-state index in [1.807, 2.05) is 0 Å². The zero-order valence-electron chi connectivity index (χ0n) is 9.68. The second-order valence-electron chi connectivity index (χ2n) is 3.05. The average molecular weight is 360 g/mol. The van der Waals surface area contributed by atoms with Gasteiger partial charge in [0.15, 0.2) is 5.76 Å². The molecule has 0 saturated heterocycles. The van der Waals surface area contributed by atoms with E-state index in [2.05, 4.69) is 9.05 Å². The lowest BCUT2D eigenvalue weighted by atomic mass is 10.2. The van der Waals surface area contributed by atoms with Crippen LogP contribution in [0.5, 0.6) is 0 Å². The number of terminal acetylenes is 2. The Labute approximate surface area is 137 Å². The highest BCUT2D eigenvalue weighted by molar-refractivity contribution is 7.49. The first-order valence-electron chi connectivity index (χ1n) is 4.79. The molecule has 0 unspecified atom stereocenters. The molecule has 20 heavy (non-hydrogen) atoms. The Balaban J connectivity index is -0.000000500. The third kappa shape index (κ3) is 4.30. The van der Waals surface area contributed by atoms with E-state index >= 15 is 0 Å². The maximum absolute atomic E-state index is 12.0. The highest BCUT2D eigenvalue weighted by Gasteiger charge is 2.33. The van der Waals surface area contributed by atoms with E-state index in [0.717, 1.165) is 5.54 Å². The van der Waals surface area contributed by atoms with Crippen molar-refractivity contribution in [2.75, 3.05) is 0 Å². The van der Waals surface area contributed by atoms with Crippen molar-refractivity contribution in [3.05, 3.63) is 39.3 Å². The summed E-state index contributed by atoms with van der Waals surface area (Å²) in [5.74, 6) is -0.109. The van der Waals surface area contributed by atoms with Crippen LogP contribution in [0.4, 0.5) is 0 Å². The quantitative estimate of drug-likeness (QED) is 0.375. The summed E-state index contributed by atoms with van der Waals surface area (Å²) < 4.78 is 25.8. The molecule has 0 bridgehead atoms. The molecule has 0 fully saturated rings. The van der Waals surface area contributed by atoms with Gasteiger partial charge < -0.3 is 13.6 Å². The van der Waals surface area contributed by atoms with Gasteiger partial charge in [-0.1, -0.05) is 47.6 Å². The molecule has 1 aromatic rings. The molecule has 0 spiro atoms. The Morgan fingerprint density at radius 2 is 1.90 bits per heavy atom. The van der Waals surface area contributed by atoms with Crippen molar-refractivity contribution in [1.29, 1.82) is 0 Å². The van der Waals surface area contributed by atoms with Gasteiger partial charge in [0.05, 0.1) is 5.02 Å². The van der Waals surface area contributed by atoms with Crippen LogP contribution in [0.15, 0.2) is 23.7 Å². The number of halogens is 3. The zero-order valence-corrected chi connectivity index (χ0v) is 12.8. The zero-order chi connectivity index (χ0) is 15.2. The van der Waals surface area contributed by atoms with Crippen molar-refractivity contribution >= 4 is 48.4 Å². The van der Waals surface area contributed by atoms with Gasteiger partial charge in [-0.2, -0.15) is 4.57 Å². The van der Waals surface area contributed by atoms with Gasteiger partial charge in [-0.3, -0.25) is 0 Å². The normalized spacial score (nSPS) is 11.2. The monoisotopic (exact) mass is 358 g/mol. The first-order chi connectivity index (χ1) is 9.45. The van der Waals surface area contributed by atoms with E-state index in [4.69, 9.17) is 52.2 Å². The van der Waals surface area contributed by atoms with Crippen molar-refractivity contribution in [2.45, 2.75) is 0 Å². The minimum absolute atomic E-state index is 0. The SMILES string of the molecule is C#COP(=O)(OC#C)O/C(=C\Cl)c1ccc(Cl)cc1Cl.[HH].[HH].[HH].[HH]. The lowest BCUT2D eigenvalue weighted by molar-refractivity contribution is 0.259. The molecule has 112 valence electrons. The highest BCUT2D eigenvalue weighted by atomic mass is 35.5. The molecule has 1 aromatic carbocycles. The van der Waals surface area contributed by atoms with Crippen LogP contribution in [0.25, 0.3) is 5.76 Å². The van der Waals surface area contributed by atoms with E-state index in [1.54, 1.807) is 12.2 Å². The lowest BCUT2D eigenvalue weighted by Gasteiger charge is -2.15. The summed E-state index contributed by atoms with van der Waals surface area (Å²) in [6.45, 7) is 0. The van der Waals surface area contributed by atoms with E-state index < -0.39 is 7.82 Å². The number of phosphoric acid groups is 1. The molecular formula is C12H14Cl3O4P. The molecule has 0 heterocycles. The Hall–Kier alpha value is -1.42. The van der Waals surface area contributed by atoms with Gasteiger partial charge >= 0.3 is 7.82 Å². The molecule has 8 heteroatoms. The minimum Gasteiger partial charge on any atom is -0.383 e. The number of benzene rings is 1. The second kappa shape index (κ2) is 7.39. The van der Waals surface area contributed by atoms with Crippen molar-refractivity contribution in [1.82, 2.24) is 0 Å². The van der Waals surface area contributed by atoms with Crippen molar-refractivity contribution in [3.8, 4) is 25.1 Å². The smallest absolute Gasteiger partial charge is 0.383 e. The number of hydrogen-bond donors (Lipinski definition) is 0. The molecule has 0 aliphatic heterocycles. The van der Waals surface area contributed by atoms with Crippen LogP contribution in [-0.4, -0.2) is 0 Å². The van der Waals surface area contributed by atoms with E-state index in [9.17, 15) is 4.57 Å². The lowest BCUT2D eigenvalue weighted by Crippen LogP contribution is -1.95. The summed E-state index contributed by atoms with van der Waals surface area (Å²) in [6, 6.07) is 4.47. The average Bonchev–Trinajstić information content (AvgIpc) is 2.37. The largest absolute Gasteiger partial charge is 0.664 e. The molecule has 0 N–H and O–H groups in total. The van der Waals surface area contributed by atoms with Gasteiger partial charge in [0.2, 0.25) is 0 Å². The van der Waals surface area contributed by atoms with Crippen LogP contribution >= 0.6 is 42.6 Å². The molecule has 0 radical (unpaired) electrons. The summed E-state index contributed by atoms with van der Waals surface area (Å²) in [6.07, 6.45) is 13.1. The third-order valence-corrected chi connectivity index (χ3v) is 3.66. The van der Waals surface area contributed by atoms with Crippen molar-refractivity contribution < 1.29 is 23.8 Å². The van der Waals surface area contributed by atoms with Crippen molar-refractivity contribution in [3.63, 3.8) is 0 Å². The van der Waals surface area contributed by atoms with E-state index in [1.165, 1.54) is 18.2 Å². The van der Waals surface area contributed by atoms with Gasteiger partial charge in [-0.15, -0.1) is 0 Å². The topological polar surface area (TPSA) is 44.8 Å². The van der Waals surface area contributed by atoms with Gasteiger partial charge in [-0.05, 0) is 18.2 Å². The molecule has 0 amide bonds. The van der Waals surface area contributed by atoms with Crippen LogP contribution in [0.2, 0.25) is 10.0 Å². The fraction of sp³-hybridized carbons (Fsp3) is 0. The van der Waals surface area contributed by atoms with E-state index in [-0.39, 0.29) is 16.5 Å². The molecular weight excluding hydrogens is 345 g/mol. The fourth-order valence-corrected chi connectivity index (χ4v) is 2.61. The summed E-state index contributed by atoms with van der Waals surface area (Å²) in [4.78, 5) is 0. The molecule has 1 rings (SSSR count). The van der Waals surface area contributed by atoms with Crippen LogP contribution in [-0.2, 0) is 18.1 Å². The predicted molar refractivity (Wildman–Crippen MR) is 87.3 cm³/mol. The van der Waals surface area contributed by atoms with Gasteiger partial charge in [0.1, 0.15) is 12.2 Å². The maximum Gasteiger partial charge on any atom is 0.664 e. The van der Waals surface area contributed by atoms with E-state index in [0.29, 0.717) is 10.6 Å². The molecule has 0 aliphatic carbocycles. The van der Waals surface area contributed by atoms with Gasteiger partial charge in [-0.25, -0.2) is 0 Å². The summed E-state index contributed by atoms with van der Waals surface area (Å²) in [5, 5.41) is 0.605. The molecule has 0 aliphatic rings. The molecule has 0 saturated carbocycles. The highest BCUT2D eigenvalue weighted by Crippen LogP contribution is 2.53. The standard InChI is InChI=1S/C12H6Cl3O4P.4H2/c1-3-17-20(16,18-4-2)19-12(8-13)10-6-5-9(14)7-11(10)15;;;;/h1-2,5-8H;4*1H/b12-8-;;;;. The Morgan fingerprint density at radius 3 is 2.35 bits per heavy atom. The molecule has 4 nitrogen and oxygen atoms in total. The first kappa shape index (κ1) is 16.6. The van der Waals surface area contributed by atoms with Gasteiger partial charge in [0, 0.05) is 21.8 Å². The molecule has 0 aromatic heterocycles. The third-order valence-electron chi connectivity index (χ3n) is 1.83. The van der Waals surface area contributed by atoms with Crippen LogP contribution < -0.4 is 0 Å². The number of hydrogen-bond acceptors (Lipinski definition) is 4. The van der Waals surface area contributed by atoms with Crippen LogP contribution in [0, 0.1) is 25.1 Å². The van der Waals surface area contributed by atoms with Crippen LogP contribution in [0.3, 0.4) is 0 Å². The maximum atomic E-state index is 12.0. The first-order valence-corrected chi connectivity index (χ1v) is 7.45.